The van der Waals surface area contributed by atoms with E-state index in [1.807, 2.05) is 11.3 Å². The number of benzene rings is 9. The van der Waals surface area contributed by atoms with Crippen molar-refractivity contribution < 1.29 is 0 Å². The maximum Gasteiger partial charge on any atom is 0.0464 e. The molecule has 0 saturated carbocycles. The van der Waals surface area contributed by atoms with Crippen molar-refractivity contribution in [2.24, 2.45) is 0 Å². The summed E-state index contributed by atoms with van der Waals surface area (Å²) in [5.41, 5.74) is 11.2. The molecular weight excluding hydrogens is 695 g/mol. The Kier molecular flexibility index (Phi) is 7.89. The van der Waals surface area contributed by atoms with E-state index in [2.05, 4.69) is 205 Å². The molecule has 1 aromatic heterocycles. The Labute approximate surface area is 330 Å². The largest absolute Gasteiger partial charge is 0.314 e. The molecule has 0 radical (unpaired) electrons. The van der Waals surface area contributed by atoms with Crippen LogP contribution in [-0.4, -0.2) is 0 Å². The summed E-state index contributed by atoms with van der Waals surface area (Å²) < 4.78 is 2.70. The molecule has 56 heavy (non-hydrogen) atoms. The number of thiophene rings is 1. The van der Waals surface area contributed by atoms with Gasteiger partial charge in [0.2, 0.25) is 0 Å². The standard InChI is InChI=1S/C54H37NS/c1-2-11-36(12-3-1)40-14-10-15-45(33-40)55(44-30-25-38(26-31-44)50-35-42-13-4-5-16-46(42)47-17-6-7-18-48(47)50)43-28-23-37(24-29-43)41-22-21-39-27-32-53-54(51(39)34-41)49-19-8-9-20-52(49)56-53/h1-23,25-28,30-35H,24,29H2. The van der Waals surface area contributed by atoms with Gasteiger partial charge in [0, 0.05) is 37.2 Å². The number of nitrogens with zero attached hydrogens (tertiary/aromatic N) is 1. The van der Waals surface area contributed by atoms with Crippen LogP contribution in [0.2, 0.25) is 0 Å². The molecule has 0 unspecified atom stereocenters. The molecule has 0 N–H and O–H groups in total. The van der Waals surface area contributed by atoms with Gasteiger partial charge in [0.1, 0.15) is 0 Å². The maximum absolute atomic E-state index is 2.46. The van der Waals surface area contributed by atoms with Gasteiger partial charge >= 0.3 is 0 Å². The van der Waals surface area contributed by atoms with Crippen molar-refractivity contribution in [3.8, 4) is 22.3 Å². The fourth-order valence-electron chi connectivity index (χ4n) is 8.82. The summed E-state index contributed by atoms with van der Waals surface area (Å²) in [6, 6.07) is 69.2. The Morgan fingerprint density at radius 3 is 1.93 bits per heavy atom. The summed E-state index contributed by atoms with van der Waals surface area (Å²) in [5, 5.41) is 10.5. The number of anilines is 2. The average molecular weight is 732 g/mol. The molecular formula is C54H37NS. The summed E-state index contributed by atoms with van der Waals surface area (Å²) in [6.07, 6.45) is 6.61. The van der Waals surface area contributed by atoms with Crippen LogP contribution in [-0.2, 0) is 0 Å². The molecule has 1 aliphatic carbocycles. The Morgan fingerprint density at radius 1 is 0.375 bits per heavy atom. The van der Waals surface area contributed by atoms with Gasteiger partial charge in [0.15, 0.2) is 0 Å². The predicted octanol–water partition coefficient (Wildman–Crippen LogP) is 15.7. The zero-order valence-electron chi connectivity index (χ0n) is 30.8. The van der Waals surface area contributed by atoms with Crippen molar-refractivity contribution in [1.29, 1.82) is 0 Å². The van der Waals surface area contributed by atoms with E-state index in [0.717, 1.165) is 24.2 Å². The lowest BCUT2D eigenvalue weighted by atomic mass is 9.92. The minimum absolute atomic E-state index is 0.933. The molecule has 0 aliphatic heterocycles. The third kappa shape index (κ3) is 5.61. The Morgan fingerprint density at radius 2 is 1.09 bits per heavy atom. The molecule has 0 bridgehead atoms. The third-order valence-corrected chi connectivity index (χ3v) is 12.7. The second kappa shape index (κ2) is 13.5. The number of hydrogen-bond donors (Lipinski definition) is 0. The highest BCUT2D eigenvalue weighted by molar-refractivity contribution is 7.26. The SMILES string of the molecule is C1=C(c2ccc3ccc4sc5ccccc5c4c3c2)CCC(N(c2ccc(-c3cc4ccccc4c4ccccc34)cc2)c2cccc(-c3ccccc3)c2)=C1. The van der Waals surface area contributed by atoms with Gasteiger partial charge in [-0.15, -0.1) is 11.3 Å². The smallest absolute Gasteiger partial charge is 0.0464 e. The quantitative estimate of drug-likeness (QED) is 0.154. The Balaban J connectivity index is 1.01. The molecule has 9 aromatic carbocycles. The molecule has 2 heteroatoms. The first-order chi connectivity index (χ1) is 27.7. The van der Waals surface area contributed by atoms with E-state index in [-0.39, 0.29) is 0 Å². The molecule has 264 valence electrons. The van der Waals surface area contributed by atoms with Crippen molar-refractivity contribution in [3.05, 3.63) is 211 Å². The van der Waals surface area contributed by atoms with Crippen molar-refractivity contribution >= 4 is 80.8 Å². The average Bonchev–Trinajstić information content (AvgIpc) is 3.66. The molecule has 0 spiro atoms. The summed E-state index contributed by atoms with van der Waals surface area (Å²) >= 11 is 1.89. The van der Waals surface area contributed by atoms with Crippen LogP contribution in [0.15, 0.2) is 206 Å². The van der Waals surface area contributed by atoms with Crippen LogP contribution in [0.4, 0.5) is 11.4 Å². The van der Waals surface area contributed by atoms with Crippen LogP contribution in [0.1, 0.15) is 18.4 Å². The fourth-order valence-corrected chi connectivity index (χ4v) is 9.94. The molecule has 0 fully saturated rings. The van der Waals surface area contributed by atoms with Gasteiger partial charge < -0.3 is 4.90 Å². The minimum Gasteiger partial charge on any atom is -0.314 e. The molecule has 1 nitrogen and oxygen atoms in total. The van der Waals surface area contributed by atoms with E-state index in [9.17, 15) is 0 Å². The summed E-state index contributed by atoms with van der Waals surface area (Å²) in [7, 11) is 0. The van der Waals surface area contributed by atoms with Gasteiger partial charge in [-0.3, -0.25) is 0 Å². The number of allylic oxidation sites excluding steroid dienone is 4. The van der Waals surface area contributed by atoms with Crippen LogP contribution in [0, 0.1) is 0 Å². The van der Waals surface area contributed by atoms with Crippen molar-refractivity contribution in [2.45, 2.75) is 12.8 Å². The second-order valence-corrected chi connectivity index (χ2v) is 15.9. The first-order valence-electron chi connectivity index (χ1n) is 19.5. The molecule has 0 saturated heterocycles. The van der Waals surface area contributed by atoms with Gasteiger partial charge in [-0.25, -0.2) is 0 Å². The normalized spacial score (nSPS) is 13.1. The molecule has 11 rings (SSSR count). The Hall–Kier alpha value is -6.74. The van der Waals surface area contributed by atoms with Gasteiger partial charge in [0.25, 0.3) is 0 Å². The molecule has 0 atom stereocenters. The predicted molar refractivity (Wildman–Crippen MR) is 243 cm³/mol. The van der Waals surface area contributed by atoms with Gasteiger partial charge in [-0.1, -0.05) is 146 Å². The maximum atomic E-state index is 2.46. The second-order valence-electron chi connectivity index (χ2n) is 14.8. The summed E-state index contributed by atoms with van der Waals surface area (Å²) in [6.45, 7) is 0. The first-order valence-corrected chi connectivity index (χ1v) is 20.3. The zero-order chi connectivity index (χ0) is 37.0. The van der Waals surface area contributed by atoms with E-state index >= 15 is 0 Å². The zero-order valence-corrected chi connectivity index (χ0v) is 31.6. The van der Waals surface area contributed by atoms with Crippen molar-refractivity contribution in [3.63, 3.8) is 0 Å². The highest BCUT2D eigenvalue weighted by Gasteiger charge is 2.20. The number of rotatable bonds is 6. The van der Waals surface area contributed by atoms with Crippen LogP contribution < -0.4 is 4.90 Å². The first kappa shape index (κ1) is 32.7. The molecule has 0 amide bonds. The molecule has 10 aromatic rings. The highest BCUT2D eigenvalue weighted by Crippen LogP contribution is 2.42. The van der Waals surface area contributed by atoms with Crippen molar-refractivity contribution in [1.82, 2.24) is 0 Å². The summed E-state index contributed by atoms with van der Waals surface area (Å²) in [4.78, 5) is 2.46. The van der Waals surface area contributed by atoms with Crippen molar-refractivity contribution in [2.75, 3.05) is 4.90 Å². The topological polar surface area (TPSA) is 3.24 Å². The third-order valence-electron chi connectivity index (χ3n) is 11.6. The van der Waals surface area contributed by atoms with Crippen LogP contribution in [0.25, 0.3) is 80.3 Å². The van der Waals surface area contributed by atoms with Crippen LogP contribution >= 0.6 is 11.3 Å². The van der Waals surface area contributed by atoms with E-state index in [1.54, 1.807) is 0 Å². The van der Waals surface area contributed by atoms with Gasteiger partial charge in [-0.05, 0) is 133 Å². The number of hydrogen-bond acceptors (Lipinski definition) is 2. The monoisotopic (exact) mass is 731 g/mol. The minimum atomic E-state index is 0.933. The van der Waals surface area contributed by atoms with Gasteiger partial charge in [0.05, 0.1) is 0 Å². The molecule has 1 heterocycles. The van der Waals surface area contributed by atoms with Gasteiger partial charge in [-0.2, -0.15) is 0 Å². The lowest BCUT2D eigenvalue weighted by Gasteiger charge is -2.30. The lowest BCUT2D eigenvalue weighted by Crippen LogP contribution is -2.18. The Bertz CT molecular complexity index is 3180. The molecule has 1 aliphatic rings. The fraction of sp³-hybridized carbons (Fsp3) is 0.0370. The van der Waals surface area contributed by atoms with E-state index in [1.165, 1.54) is 91.6 Å². The van der Waals surface area contributed by atoms with Crippen LogP contribution in [0.5, 0.6) is 0 Å². The van der Waals surface area contributed by atoms with E-state index in [0.29, 0.717) is 0 Å². The number of fused-ring (bicyclic) bond motifs is 8. The van der Waals surface area contributed by atoms with Crippen LogP contribution in [0.3, 0.4) is 0 Å². The lowest BCUT2D eigenvalue weighted by molar-refractivity contribution is 0.930. The van der Waals surface area contributed by atoms with E-state index < -0.39 is 0 Å². The van der Waals surface area contributed by atoms with E-state index in [4.69, 9.17) is 0 Å². The summed E-state index contributed by atoms with van der Waals surface area (Å²) in [5.74, 6) is 0. The highest BCUT2D eigenvalue weighted by atomic mass is 32.1.